The number of thiol groups is 1. The van der Waals surface area contributed by atoms with Gasteiger partial charge >= 0.3 is 5.97 Å². The number of carbonyl (C=O) groups is 2. The van der Waals surface area contributed by atoms with Crippen molar-refractivity contribution in [3.05, 3.63) is 17.3 Å². The van der Waals surface area contributed by atoms with Crippen LogP contribution in [0.3, 0.4) is 0 Å². The van der Waals surface area contributed by atoms with Gasteiger partial charge in [0.15, 0.2) is 5.69 Å². The van der Waals surface area contributed by atoms with E-state index in [4.69, 9.17) is 4.42 Å². The highest BCUT2D eigenvalue weighted by molar-refractivity contribution is 7.80. The Morgan fingerprint density at radius 1 is 1.50 bits per heavy atom. The number of nitrogens with one attached hydrogen (secondary N) is 1. The molecule has 1 aromatic rings. The summed E-state index contributed by atoms with van der Waals surface area (Å²) in [6.07, 6.45) is 0. The fraction of sp³-hybridized carbons (Fsp3) is 0.615. The molecule has 0 bridgehead atoms. The molecule has 0 radical (unpaired) electrons. The first-order valence-electron chi connectivity index (χ1n) is 6.24. The van der Waals surface area contributed by atoms with E-state index in [0.29, 0.717) is 5.76 Å². The van der Waals surface area contributed by atoms with Gasteiger partial charge in [-0.2, -0.15) is 12.6 Å². The van der Waals surface area contributed by atoms with Gasteiger partial charge in [0.2, 0.25) is 11.8 Å². The minimum atomic E-state index is -0.887. The largest absolute Gasteiger partial charge is 0.464 e. The first kappa shape index (κ1) is 16.6. The summed E-state index contributed by atoms with van der Waals surface area (Å²) in [6, 6.07) is 0. The molecule has 1 rings (SSSR count). The monoisotopic (exact) mass is 300 g/mol. The van der Waals surface area contributed by atoms with Gasteiger partial charge in [0.05, 0.1) is 7.11 Å². The molecular weight excluding hydrogens is 280 g/mol. The average molecular weight is 300 g/mol. The number of aromatic nitrogens is 1. The number of hydrogen-bond donors (Lipinski definition) is 2. The number of esters is 1. The number of hydrogen-bond acceptors (Lipinski definition) is 6. The number of ether oxygens (including phenoxy) is 1. The molecule has 1 aromatic heterocycles. The van der Waals surface area contributed by atoms with E-state index in [0.717, 1.165) is 0 Å². The van der Waals surface area contributed by atoms with Crippen LogP contribution in [0.4, 0.5) is 0 Å². The molecule has 0 aliphatic rings. The summed E-state index contributed by atoms with van der Waals surface area (Å²) in [5.74, 6) is -0.0268. The summed E-state index contributed by atoms with van der Waals surface area (Å²) in [4.78, 5) is 27.5. The van der Waals surface area contributed by atoms with E-state index in [1.807, 2.05) is 0 Å². The second kappa shape index (κ2) is 6.30. The van der Waals surface area contributed by atoms with Crippen LogP contribution < -0.4 is 5.32 Å². The van der Waals surface area contributed by atoms with E-state index >= 15 is 0 Å². The molecule has 20 heavy (non-hydrogen) atoms. The number of nitrogens with zero attached hydrogens (tertiary/aromatic N) is 1. The fourth-order valence-electron chi connectivity index (χ4n) is 1.50. The molecule has 112 valence electrons. The van der Waals surface area contributed by atoms with Gasteiger partial charge in [0.25, 0.3) is 0 Å². The van der Waals surface area contributed by atoms with E-state index in [1.165, 1.54) is 7.11 Å². The lowest BCUT2D eigenvalue weighted by molar-refractivity contribution is -0.125. The Morgan fingerprint density at radius 2 is 2.10 bits per heavy atom. The molecule has 1 amide bonds. The van der Waals surface area contributed by atoms with Crippen molar-refractivity contribution < 1.29 is 18.7 Å². The summed E-state index contributed by atoms with van der Waals surface area (Å²) in [6.45, 7) is 6.93. The fourth-order valence-corrected chi connectivity index (χ4v) is 1.71. The van der Waals surface area contributed by atoms with Crippen molar-refractivity contribution in [2.75, 3.05) is 12.9 Å². The molecule has 1 atom stereocenters. The van der Waals surface area contributed by atoms with E-state index in [-0.39, 0.29) is 29.2 Å². The quantitative estimate of drug-likeness (QED) is 0.639. The van der Waals surface area contributed by atoms with Crippen molar-refractivity contribution in [2.45, 2.75) is 33.2 Å². The number of oxazole rings is 1. The van der Waals surface area contributed by atoms with Gasteiger partial charge in [-0.25, -0.2) is 9.78 Å². The lowest BCUT2D eigenvalue weighted by Crippen LogP contribution is -2.47. The molecule has 0 spiro atoms. The van der Waals surface area contributed by atoms with Crippen LogP contribution in [0, 0.1) is 12.8 Å². The molecular formula is C13H20N2O4S. The van der Waals surface area contributed by atoms with Crippen LogP contribution in [0.15, 0.2) is 4.42 Å². The second-order valence-corrected chi connectivity index (χ2v) is 5.37. The third-order valence-corrected chi connectivity index (χ3v) is 3.52. The molecule has 0 aliphatic carbocycles. The van der Waals surface area contributed by atoms with Crippen LogP contribution in [0.5, 0.6) is 0 Å². The highest BCUT2D eigenvalue weighted by atomic mass is 32.1. The average Bonchev–Trinajstić information content (AvgIpc) is 2.80. The zero-order chi connectivity index (χ0) is 15.5. The standard InChI is InChI=1S/C13H20N2O4S/c1-7(2)10(16)15-13(4,6-20)12-14-9(8(3)19-12)11(17)18-5/h7,20H,6H2,1-5H3,(H,15,16)/t13-/m0/s1. The van der Waals surface area contributed by atoms with Crippen LogP contribution in [0.2, 0.25) is 0 Å². The minimum absolute atomic E-state index is 0.106. The Labute approximate surface area is 123 Å². The van der Waals surface area contributed by atoms with Crippen LogP contribution in [-0.4, -0.2) is 29.7 Å². The molecule has 0 unspecified atom stereocenters. The Bertz CT molecular complexity index is 512. The topological polar surface area (TPSA) is 81.4 Å². The van der Waals surface area contributed by atoms with Crippen molar-refractivity contribution in [1.82, 2.24) is 10.3 Å². The van der Waals surface area contributed by atoms with Gasteiger partial charge in [-0.3, -0.25) is 4.79 Å². The third-order valence-electron chi connectivity index (χ3n) is 2.89. The molecule has 0 fully saturated rings. The van der Waals surface area contributed by atoms with E-state index < -0.39 is 11.5 Å². The van der Waals surface area contributed by atoms with Crippen LogP contribution in [0.25, 0.3) is 0 Å². The highest BCUT2D eigenvalue weighted by Gasteiger charge is 2.35. The normalized spacial score (nSPS) is 13.9. The molecule has 0 saturated heterocycles. The lowest BCUT2D eigenvalue weighted by Gasteiger charge is -2.26. The summed E-state index contributed by atoms with van der Waals surface area (Å²) >= 11 is 4.24. The zero-order valence-corrected chi connectivity index (χ0v) is 13.2. The SMILES string of the molecule is COC(=O)c1nc([C@](C)(CS)NC(=O)C(C)C)oc1C. The third kappa shape index (κ3) is 3.33. The minimum Gasteiger partial charge on any atom is -0.464 e. The number of rotatable bonds is 5. The van der Waals surface area contributed by atoms with Crippen molar-refractivity contribution in [1.29, 1.82) is 0 Å². The van der Waals surface area contributed by atoms with Gasteiger partial charge in [-0.05, 0) is 13.8 Å². The summed E-state index contributed by atoms with van der Waals surface area (Å²) in [7, 11) is 1.27. The van der Waals surface area contributed by atoms with Crippen molar-refractivity contribution in [3.8, 4) is 0 Å². The van der Waals surface area contributed by atoms with Gasteiger partial charge in [-0.15, -0.1) is 0 Å². The molecule has 1 heterocycles. The molecule has 0 aliphatic heterocycles. The Morgan fingerprint density at radius 3 is 2.55 bits per heavy atom. The maximum atomic E-state index is 11.9. The van der Waals surface area contributed by atoms with Crippen molar-refractivity contribution >= 4 is 24.5 Å². The molecule has 0 aromatic carbocycles. The maximum Gasteiger partial charge on any atom is 0.360 e. The number of aryl methyl sites for hydroxylation is 1. The van der Waals surface area contributed by atoms with Gasteiger partial charge in [0, 0.05) is 11.7 Å². The first-order chi connectivity index (χ1) is 9.25. The number of carbonyl (C=O) groups excluding carboxylic acids is 2. The molecule has 7 heteroatoms. The zero-order valence-electron chi connectivity index (χ0n) is 12.3. The van der Waals surface area contributed by atoms with Crippen LogP contribution >= 0.6 is 12.6 Å². The van der Waals surface area contributed by atoms with E-state index in [9.17, 15) is 9.59 Å². The van der Waals surface area contributed by atoms with E-state index in [1.54, 1.807) is 27.7 Å². The summed E-state index contributed by atoms with van der Waals surface area (Å²) < 4.78 is 10.1. The smallest absolute Gasteiger partial charge is 0.360 e. The number of methoxy groups -OCH3 is 1. The van der Waals surface area contributed by atoms with E-state index in [2.05, 4.69) is 27.7 Å². The van der Waals surface area contributed by atoms with Gasteiger partial charge in [0.1, 0.15) is 11.3 Å². The molecule has 1 N–H and O–H groups in total. The lowest BCUT2D eigenvalue weighted by atomic mass is 10.0. The second-order valence-electron chi connectivity index (χ2n) is 5.05. The highest BCUT2D eigenvalue weighted by Crippen LogP contribution is 2.24. The first-order valence-corrected chi connectivity index (χ1v) is 6.87. The molecule has 0 saturated carbocycles. The van der Waals surface area contributed by atoms with Gasteiger partial charge < -0.3 is 14.5 Å². The predicted molar refractivity (Wildman–Crippen MR) is 76.8 cm³/mol. The van der Waals surface area contributed by atoms with Crippen molar-refractivity contribution in [2.24, 2.45) is 5.92 Å². The predicted octanol–water partition coefficient (Wildman–Crippen LogP) is 1.69. The Kier molecular flexibility index (Phi) is 5.21. The summed E-state index contributed by atoms with van der Waals surface area (Å²) in [5.41, 5.74) is -0.782. The molecule has 6 nitrogen and oxygen atoms in total. The van der Waals surface area contributed by atoms with Crippen molar-refractivity contribution in [3.63, 3.8) is 0 Å². The van der Waals surface area contributed by atoms with Crippen LogP contribution in [-0.2, 0) is 15.1 Å². The maximum absolute atomic E-state index is 11.9. The Hall–Kier alpha value is -1.50. The summed E-state index contributed by atoms with van der Waals surface area (Å²) in [5, 5.41) is 2.83. The Balaban J connectivity index is 3.12. The van der Waals surface area contributed by atoms with Crippen LogP contribution in [0.1, 0.15) is 42.9 Å². The number of amides is 1. The van der Waals surface area contributed by atoms with Gasteiger partial charge in [-0.1, -0.05) is 13.8 Å².